The van der Waals surface area contributed by atoms with Crippen molar-refractivity contribution in [2.24, 2.45) is 0 Å². The van der Waals surface area contributed by atoms with Gasteiger partial charge in [-0.1, -0.05) is 12.1 Å². The monoisotopic (exact) mass is 302 g/mol. The van der Waals surface area contributed by atoms with Gasteiger partial charge in [-0.3, -0.25) is 4.90 Å². The number of alkyl halides is 3. The summed E-state index contributed by atoms with van der Waals surface area (Å²) in [5, 5.41) is 3.17. The highest BCUT2D eigenvalue weighted by atomic mass is 19.4. The molecule has 1 atom stereocenters. The molecule has 0 amide bonds. The molecular weight excluding hydrogens is 284 g/mol. The molecule has 1 aromatic carbocycles. The lowest BCUT2D eigenvalue weighted by Gasteiger charge is -2.35. The summed E-state index contributed by atoms with van der Waals surface area (Å²) in [4.78, 5) is 1.99. The molecule has 0 aromatic heterocycles. The van der Waals surface area contributed by atoms with E-state index in [9.17, 15) is 17.6 Å². The predicted octanol–water partition coefficient (Wildman–Crippen LogP) is 3.37. The van der Waals surface area contributed by atoms with Crippen molar-refractivity contribution in [3.8, 4) is 0 Å². The summed E-state index contributed by atoms with van der Waals surface area (Å²) in [6.07, 6.45) is -2.56. The predicted molar refractivity (Wildman–Crippen MR) is 73.4 cm³/mol. The van der Waals surface area contributed by atoms with Crippen molar-refractivity contribution >= 4 is 0 Å². The van der Waals surface area contributed by atoms with Crippen LogP contribution in [0.1, 0.15) is 23.6 Å². The van der Waals surface area contributed by atoms with E-state index in [-0.39, 0.29) is 5.56 Å². The standard InChI is InChI=1S/C15H18F4N2/c1-2-3-14(21-8-6-20-7-9-21)12-5-4-11(16)10-13(12)15(17,18)19/h2,4-5,10,14,20H,1,3,6-9H2/t14-/m1/s1. The van der Waals surface area contributed by atoms with Crippen LogP contribution in [-0.4, -0.2) is 31.1 Å². The van der Waals surface area contributed by atoms with Crippen LogP contribution < -0.4 is 5.32 Å². The smallest absolute Gasteiger partial charge is 0.314 e. The Morgan fingerprint density at radius 1 is 1.29 bits per heavy atom. The van der Waals surface area contributed by atoms with Crippen LogP contribution in [-0.2, 0) is 6.18 Å². The number of hydrogen-bond donors (Lipinski definition) is 1. The van der Waals surface area contributed by atoms with E-state index in [1.54, 1.807) is 6.08 Å². The average Bonchev–Trinajstić information content (AvgIpc) is 2.45. The molecule has 21 heavy (non-hydrogen) atoms. The molecule has 1 saturated heterocycles. The maximum absolute atomic E-state index is 13.2. The Kier molecular flexibility index (Phi) is 5.00. The Hall–Kier alpha value is -1.40. The third kappa shape index (κ3) is 3.83. The molecule has 1 N–H and O–H groups in total. The lowest BCUT2D eigenvalue weighted by molar-refractivity contribution is -0.139. The normalized spacial score (nSPS) is 18.5. The molecular formula is C15H18F4N2. The SMILES string of the molecule is C=CC[C@H](c1ccc(F)cc1C(F)(F)F)N1CCNCC1. The number of nitrogens with one attached hydrogen (secondary N) is 1. The molecule has 1 aliphatic rings. The van der Waals surface area contributed by atoms with Gasteiger partial charge in [0, 0.05) is 32.2 Å². The van der Waals surface area contributed by atoms with Crippen molar-refractivity contribution in [1.29, 1.82) is 0 Å². The Balaban J connectivity index is 2.41. The van der Waals surface area contributed by atoms with Gasteiger partial charge < -0.3 is 5.32 Å². The first-order chi connectivity index (χ1) is 9.93. The molecule has 116 valence electrons. The Morgan fingerprint density at radius 3 is 2.52 bits per heavy atom. The van der Waals surface area contributed by atoms with E-state index in [0.717, 1.165) is 19.2 Å². The number of rotatable bonds is 4. The molecule has 1 aliphatic heterocycles. The van der Waals surface area contributed by atoms with Gasteiger partial charge in [-0.2, -0.15) is 13.2 Å². The minimum absolute atomic E-state index is 0.116. The Labute approximate surface area is 121 Å². The van der Waals surface area contributed by atoms with Gasteiger partial charge >= 0.3 is 6.18 Å². The number of halogens is 4. The second kappa shape index (κ2) is 6.58. The minimum atomic E-state index is -4.56. The van der Waals surface area contributed by atoms with Crippen LogP contribution in [0.15, 0.2) is 30.9 Å². The highest BCUT2D eigenvalue weighted by Gasteiger charge is 2.36. The lowest BCUT2D eigenvalue weighted by atomic mass is 9.95. The fourth-order valence-electron chi connectivity index (χ4n) is 2.69. The van der Waals surface area contributed by atoms with E-state index >= 15 is 0 Å². The van der Waals surface area contributed by atoms with Crippen molar-refractivity contribution in [2.45, 2.75) is 18.6 Å². The third-order valence-corrected chi connectivity index (χ3v) is 3.66. The Bertz CT molecular complexity index is 493. The van der Waals surface area contributed by atoms with Gasteiger partial charge in [0.1, 0.15) is 5.82 Å². The summed E-state index contributed by atoms with van der Waals surface area (Å²) < 4.78 is 52.7. The molecule has 2 nitrogen and oxygen atoms in total. The molecule has 1 fully saturated rings. The van der Waals surface area contributed by atoms with E-state index in [1.165, 1.54) is 6.07 Å². The van der Waals surface area contributed by atoms with Gasteiger partial charge in [0.05, 0.1) is 5.56 Å². The van der Waals surface area contributed by atoms with Crippen LogP contribution in [0.2, 0.25) is 0 Å². The molecule has 0 bridgehead atoms. The maximum atomic E-state index is 13.2. The number of nitrogens with zero attached hydrogens (tertiary/aromatic N) is 1. The fourth-order valence-corrected chi connectivity index (χ4v) is 2.69. The van der Waals surface area contributed by atoms with Gasteiger partial charge in [-0.15, -0.1) is 6.58 Å². The van der Waals surface area contributed by atoms with E-state index < -0.39 is 23.6 Å². The summed E-state index contributed by atoms with van der Waals surface area (Å²) >= 11 is 0. The van der Waals surface area contributed by atoms with Crippen molar-refractivity contribution in [3.05, 3.63) is 47.8 Å². The van der Waals surface area contributed by atoms with E-state index in [2.05, 4.69) is 11.9 Å². The van der Waals surface area contributed by atoms with Gasteiger partial charge in [0.15, 0.2) is 0 Å². The first-order valence-corrected chi connectivity index (χ1v) is 6.86. The maximum Gasteiger partial charge on any atom is 0.416 e. The van der Waals surface area contributed by atoms with Crippen LogP contribution in [0.3, 0.4) is 0 Å². The quantitative estimate of drug-likeness (QED) is 0.677. The summed E-state index contributed by atoms with van der Waals surface area (Å²) in [5.74, 6) is -0.872. The number of hydrogen-bond acceptors (Lipinski definition) is 2. The van der Waals surface area contributed by atoms with E-state index in [0.29, 0.717) is 25.6 Å². The summed E-state index contributed by atoms with van der Waals surface area (Å²) in [6, 6.07) is 2.48. The van der Waals surface area contributed by atoms with Crippen LogP contribution in [0.5, 0.6) is 0 Å². The van der Waals surface area contributed by atoms with Gasteiger partial charge in [0.2, 0.25) is 0 Å². The molecule has 0 radical (unpaired) electrons. The summed E-state index contributed by atoms with van der Waals surface area (Å²) in [7, 11) is 0. The van der Waals surface area contributed by atoms with Crippen LogP contribution in [0.25, 0.3) is 0 Å². The first-order valence-electron chi connectivity index (χ1n) is 6.86. The largest absolute Gasteiger partial charge is 0.416 e. The second-order valence-corrected chi connectivity index (χ2v) is 5.06. The molecule has 2 rings (SSSR count). The molecule has 0 unspecified atom stereocenters. The van der Waals surface area contributed by atoms with Crippen LogP contribution in [0, 0.1) is 5.82 Å². The zero-order chi connectivity index (χ0) is 15.5. The highest BCUT2D eigenvalue weighted by molar-refractivity contribution is 5.33. The first kappa shape index (κ1) is 16.0. The zero-order valence-electron chi connectivity index (χ0n) is 11.6. The van der Waals surface area contributed by atoms with Crippen molar-refractivity contribution in [1.82, 2.24) is 10.2 Å². The zero-order valence-corrected chi connectivity index (χ0v) is 11.6. The van der Waals surface area contributed by atoms with Gasteiger partial charge in [-0.25, -0.2) is 4.39 Å². The highest BCUT2D eigenvalue weighted by Crippen LogP contribution is 2.38. The number of benzene rings is 1. The number of piperazine rings is 1. The van der Waals surface area contributed by atoms with E-state index in [4.69, 9.17) is 0 Å². The van der Waals surface area contributed by atoms with Gasteiger partial charge in [0.25, 0.3) is 0 Å². The van der Waals surface area contributed by atoms with Gasteiger partial charge in [-0.05, 0) is 24.1 Å². The second-order valence-electron chi connectivity index (χ2n) is 5.06. The third-order valence-electron chi connectivity index (χ3n) is 3.66. The summed E-state index contributed by atoms with van der Waals surface area (Å²) in [6.45, 7) is 6.42. The summed E-state index contributed by atoms with van der Waals surface area (Å²) in [5.41, 5.74) is -0.779. The topological polar surface area (TPSA) is 15.3 Å². The molecule has 0 saturated carbocycles. The molecule has 1 aromatic rings. The molecule has 1 heterocycles. The molecule has 0 spiro atoms. The van der Waals surface area contributed by atoms with Crippen molar-refractivity contribution in [2.75, 3.05) is 26.2 Å². The Morgan fingerprint density at radius 2 is 1.95 bits per heavy atom. The average molecular weight is 302 g/mol. The molecule has 0 aliphatic carbocycles. The van der Waals surface area contributed by atoms with E-state index in [1.807, 2.05) is 4.90 Å². The van der Waals surface area contributed by atoms with Crippen molar-refractivity contribution < 1.29 is 17.6 Å². The van der Waals surface area contributed by atoms with Crippen LogP contribution >= 0.6 is 0 Å². The van der Waals surface area contributed by atoms with Crippen LogP contribution in [0.4, 0.5) is 17.6 Å². The van der Waals surface area contributed by atoms with Crippen molar-refractivity contribution in [3.63, 3.8) is 0 Å². The minimum Gasteiger partial charge on any atom is -0.314 e. The molecule has 6 heteroatoms. The lowest BCUT2D eigenvalue weighted by Crippen LogP contribution is -2.45. The fraction of sp³-hybridized carbons (Fsp3) is 0.467.